The van der Waals surface area contributed by atoms with Crippen LogP contribution >= 0.6 is 0 Å². The van der Waals surface area contributed by atoms with E-state index in [9.17, 15) is 14.9 Å². The second-order valence-corrected chi connectivity index (χ2v) is 10.8. The number of methoxy groups -OCH3 is 1. The lowest BCUT2D eigenvalue weighted by molar-refractivity contribution is -0.152. The number of nitrogens with zero attached hydrogens (tertiary/aromatic N) is 3. The van der Waals surface area contributed by atoms with Crippen molar-refractivity contribution in [2.24, 2.45) is 5.41 Å². The lowest BCUT2D eigenvalue weighted by Gasteiger charge is -2.42. The molecule has 1 aromatic rings. The van der Waals surface area contributed by atoms with E-state index in [4.69, 9.17) is 14.2 Å². The van der Waals surface area contributed by atoms with Crippen molar-refractivity contribution in [1.29, 1.82) is 5.26 Å². The summed E-state index contributed by atoms with van der Waals surface area (Å²) in [7, 11) is 5.34. The van der Waals surface area contributed by atoms with Gasteiger partial charge >= 0.3 is 0 Å². The van der Waals surface area contributed by atoms with E-state index in [1.54, 1.807) is 42.2 Å². The summed E-state index contributed by atoms with van der Waals surface area (Å²) in [6.45, 7) is 1.37. The smallest absolute Gasteiger partial charge is 0.257 e. The number of rotatable bonds is 1. The van der Waals surface area contributed by atoms with Crippen molar-refractivity contribution in [3.8, 4) is 11.8 Å². The normalized spacial score (nSPS) is 27.8. The lowest BCUT2D eigenvalue weighted by atomic mass is 9.71. The third kappa shape index (κ3) is 6.01. The SMILES string of the molecule is CO[C@H]1CC[C@@H]2CCOc3ccc(C#N)cc3C(=O)N(C)CC3(CCCCC3)CC(=O)N(C)C[C@H]1O2. The maximum absolute atomic E-state index is 13.6. The molecule has 0 radical (unpaired) electrons. The van der Waals surface area contributed by atoms with Crippen LogP contribution in [-0.2, 0) is 14.3 Å². The van der Waals surface area contributed by atoms with E-state index in [0.717, 1.165) is 44.9 Å². The highest BCUT2D eigenvalue weighted by atomic mass is 16.5. The average molecular weight is 498 g/mol. The number of benzene rings is 1. The topological polar surface area (TPSA) is 92.1 Å². The van der Waals surface area contributed by atoms with E-state index in [-0.39, 0.29) is 35.5 Å². The molecule has 2 fully saturated rings. The third-order valence-electron chi connectivity index (χ3n) is 8.13. The van der Waals surface area contributed by atoms with Gasteiger partial charge in [-0.1, -0.05) is 19.3 Å². The number of nitriles is 1. The quantitative estimate of drug-likeness (QED) is 0.587. The van der Waals surface area contributed by atoms with E-state index < -0.39 is 0 Å². The molecule has 36 heavy (non-hydrogen) atoms. The van der Waals surface area contributed by atoms with Gasteiger partial charge in [-0.05, 0) is 49.3 Å². The zero-order valence-corrected chi connectivity index (χ0v) is 21.8. The minimum atomic E-state index is -0.268. The summed E-state index contributed by atoms with van der Waals surface area (Å²) in [5.74, 6) is 0.381. The van der Waals surface area contributed by atoms with Gasteiger partial charge in [0.1, 0.15) is 11.9 Å². The first-order valence-corrected chi connectivity index (χ1v) is 13.2. The van der Waals surface area contributed by atoms with Crippen molar-refractivity contribution in [3.05, 3.63) is 29.3 Å². The fourth-order valence-corrected chi connectivity index (χ4v) is 6.07. The van der Waals surface area contributed by atoms with E-state index in [1.165, 1.54) is 0 Å². The summed E-state index contributed by atoms with van der Waals surface area (Å²) < 4.78 is 18.2. The van der Waals surface area contributed by atoms with Crippen LogP contribution in [0.5, 0.6) is 5.75 Å². The molecule has 0 aromatic heterocycles. The summed E-state index contributed by atoms with van der Waals surface area (Å²) in [4.78, 5) is 30.6. The number of likely N-dealkylation sites (N-methyl/N-ethyl adjacent to an activating group) is 1. The molecular weight excluding hydrogens is 458 g/mol. The van der Waals surface area contributed by atoms with Gasteiger partial charge in [-0.3, -0.25) is 9.59 Å². The molecule has 196 valence electrons. The van der Waals surface area contributed by atoms with Gasteiger partial charge in [-0.2, -0.15) is 5.26 Å². The molecule has 8 nitrogen and oxygen atoms in total. The molecule has 2 amide bonds. The largest absolute Gasteiger partial charge is 0.493 e. The highest BCUT2D eigenvalue weighted by molar-refractivity contribution is 5.97. The molecule has 2 heterocycles. The van der Waals surface area contributed by atoms with Crippen molar-refractivity contribution in [3.63, 3.8) is 0 Å². The Labute approximate surface area is 214 Å². The Hall–Kier alpha value is -2.63. The van der Waals surface area contributed by atoms with Gasteiger partial charge in [-0.25, -0.2) is 0 Å². The van der Waals surface area contributed by atoms with Crippen molar-refractivity contribution < 1.29 is 23.8 Å². The Balaban J connectivity index is 1.66. The van der Waals surface area contributed by atoms with Crippen LogP contribution in [0.3, 0.4) is 0 Å². The number of ether oxygens (including phenoxy) is 3. The summed E-state index contributed by atoms with van der Waals surface area (Å²) in [5, 5.41) is 9.43. The van der Waals surface area contributed by atoms with Gasteiger partial charge in [0, 0.05) is 47.1 Å². The van der Waals surface area contributed by atoms with Crippen LogP contribution in [0.4, 0.5) is 0 Å². The van der Waals surface area contributed by atoms with Gasteiger partial charge in [-0.15, -0.1) is 0 Å². The second-order valence-electron chi connectivity index (χ2n) is 10.8. The van der Waals surface area contributed by atoms with Crippen LogP contribution < -0.4 is 4.74 Å². The van der Waals surface area contributed by atoms with Gasteiger partial charge in [0.25, 0.3) is 5.91 Å². The highest BCUT2D eigenvalue weighted by Crippen LogP contribution is 2.41. The van der Waals surface area contributed by atoms with Gasteiger partial charge in [0.2, 0.25) is 5.91 Å². The maximum atomic E-state index is 13.6. The molecule has 0 N–H and O–H groups in total. The molecule has 4 rings (SSSR count). The van der Waals surface area contributed by atoms with Gasteiger partial charge in [0.15, 0.2) is 0 Å². The number of hydrogen-bond acceptors (Lipinski definition) is 6. The lowest BCUT2D eigenvalue weighted by Crippen LogP contribution is -2.49. The number of amides is 2. The zero-order chi connectivity index (χ0) is 25.7. The number of hydrogen-bond donors (Lipinski definition) is 0. The van der Waals surface area contributed by atoms with Crippen LogP contribution in [0.1, 0.15) is 73.7 Å². The Morgan fingerprint density at radius 2 is 1.86 bits per heavy atom. The van der Waals surface area contributed by atoms with Crippen molar-refractivity contribution in [2.45, 2.75) is 76.1 Å². The minimum absolute atomic E-state index is 0.0114. The fraction of sp³-hybridized carbons (Fsp3) is 0.679. The average Bonchev–Trinajstić information content (AvgIpc) is 2.88. The molecule has 1 aromatic carbocycles. The molecule has 2 bridgehead atoms. The van der Waals surface area contributed by atoms with E-state index in [0.29, 0.717) is 49.4 Å². The fourth-order valence-electron chi connectivity index (χ4n) is 6.07. The minimum Gasteiger partial charge on any atom is -0.493 e. The number of carbonyl (C=O) groups is 2. The molecular formula is C28H39N3O5. The zero-order valence-electron chi connectivity index (χ0n) is 21.8. The van der Waals surface area contributed by atoms with Crippen LogP contribution in [-0.4, -0.2) is 80.8 Å². The predicted molar refractivity (Wildman–Crippen MR) is 135 cm³/mol. The predicted octanol–water partition coefficient (Wildman–Crippen LogP) is 3.77. The summed E-state index contributed by atoms with van der Waals surface area (Å²) in [5.41, 5.74) is 0.539. The van der Waals surface area contributed by atoms with Crippen LogP contribution in [0, 0.1) is 16.7 Å². The van der Waals surface area contributed by atoms with E-state index >= 15 is 0 Å². The Kier molecular flexibility index (Phi) is 8.53. The summed E-state index contributed by atoms with van der Waals surface area (Å²) >= 11 is 0. The standard InChI is InChI=1S/C28H39N3O5/c1-30-18-25-24(34-3)10-8-21(36-25)11-14-35-23-9-7-20(17-29)15-22(23)27(33)31(2)19-28(16-26(30)32)12-5-4-6-13-28/h7,9,15,21,24-25H,4-6,8,10-14,16,18-19H2,1-3H3/t21-,24+,25-/m1/s1. The Morgan fingerprint density at radius 1 is 1.08 bits per heavy atom. The molecule has 1 aliphatic carbocycles. The first-order chi connectivity index (χ1) is 17.3. The highest BCUT2D eigenvalue weighted by Gasteiger charge is 2.39. The van der Waals surface area contributed by atoms with Crippen molar-refractivity contribution in [2.75, 3.05) is 40.9 Å². The number of fused-ring (bicyclic) bond motifs is 3. The molecule has 3 atom stereocenters. The first-order valence-electron chi connectivity index (χ1n) is 13.2. The second kappa shape index (κ2) is 11.6. The molecule has 0 unspecified atom stereocenters. The van der Waals surface area contributed by atoms with Crippen molar-refractivity contribution >= 4 is 11.8 Å². The summed E-state index contributed by atoms with van der Waals surface area (Å²) in [6.07, 6.45) is 7.61. The molecule has 3 aliphatic rings. The van der Waals surface area contributed by atoms with Crippen LogP contribution in [0.25, 0.3) is 0 Å². The maximum Gasteiger partial charge on any atom is 0.257 e. The van der Waals surface area contributed by atoms with E-state index in [1.807, 2.05) is 7.05 Å². The van der Waals surface area contributed by atoms with E-state index in [2.05, 4.69) is 6.07 Å². The van der Waals surface area contributed by atoms with Crippen LogP contribution in [0.15, 0.2) is 18.2 Å². The Morgan fingerprint density at radius 3 is 2.58 bits per heavy atom. The Bertz CT molecular complexity index is 984. The molecule has 1 saturated heterocycles. The van der Waals surface area contributed by atoms with Crippen molar-refractivity contribution in [1.82, 2.24) is 9.80 Å². The molecule has 1 spiro atoms. The monoisotopic (exact) mass is 497 g/mol. The number of carbonyl (C=O) groups excluding carboxylic acids is 2. The first kappa shape index (κ1) is 26.4. The van der Waals surface area contributed by atoms with Gasteiger partial charge in [0.05, 0.1) is 36.0 Å². The molecule has 2 aliphatic heterocycles. The van der Waals surface area contributed by atoms with Gasteiger partial charge < -0.3 is 24.0 Å². The molecule has 1 saturated carbocycles. The summed E-state index contributed by atoms with van der Waals surface area (Å²) in [6, 6.07) is 7.13. The molecule has 8 heteroatoms. The third-order valence-corrected chi connectivity index (χ3v) is 8.13. The van der Waals surface area contributed by atoms with Crippen LogP contribution in [0.2, 0.25) is 0 Å².